The Hall–Kier alpha value is -2.46. The number of carbonyl (C=O) groups is 2. The van der Waals surface area contributed by atoms with Gasteiger partial charge >= 0.3 is 12.1 Å². The van der Waals surface area contributed by atoms with Crippen molar-refractivity contribution in [3.8, 4) is 0 Å². The van der Waals surface area contributed by atoms with Gasteiger partial charge < -0.3 is 15.7 Å². The maximum absolute atomic E-state index is 12.1. The Balaban J connectivity index is 0.000000321. The molecule has 0 unspecified atom stereocenters. The first-order chi connectivity index (χ1) is 12.8. The number of benzene rings is 1. The summed E-state index contributed by atoms with van der Waals surface area (Å²) in [5.74, 6) is -2.83. The number of hydrogen-bond acceptors (Lipinski definition) is 5. The number of aliphatic carboxylic acids is 1. The lowest BCUT2D eigenvalue weighted by atomic mass is 10.2. The summed E-state index contributed by atoms with van der Waals surface area (Å²) < 4.78 is 31.7. The molecule has 0 saturated carbocycles. The van der Waals surface area contributed by atoms with Crippen molar-refractivity contribution in [3.05, 3.63) is 51.5 Å². The third kappa shape index (κ3) is 6.65. The number of alkyl halides is 3. The Morgan fingerprint density at radius 2 is 1.81 bits per heavy atom. The lowest BCUT2D eigenvalue weighted by Crippen LogP contribution is -2.22. The molecule has 0 aliphatic carbocycles. The number of thiazole rings is 1. The highest BCUT2D eigenvalue weighted by Crippen LogP contribution is 2.21. The molecule has 3 N–H and O–H groups in total. The number of carboxylic acid groups (broad SMARTS) is 1. The van der Waals surface area contributed by atoms with Crippen LogP contribution in [0.15, 0.2) is 30.3 Å². The average molecular weight is 401 g/mol. The summed E-state index contributed by atoms with van der Waals surface area (Å²) in [6.07, 6.45) is -3.20. The van der Waals surface area contributed by atoms with Crippen LogP contribution in [0.25, 0.3) is 0 Å². The molecule has 2 heterocycles. The summed E-state index contributed by atoms with van der Waals surface area (Å²) in [7, 11) is 0. The van der Waals surface area contributed by atoms with Crippen molar-refractivity contribution in [1.29, 1.82) is 0 Å². The highest BCUT2D eigenvalue weighted by molar-refractivity contribution is 7.13. The van der Waals surface area contributed by atoms with Crippen LogP contribution in [0.3, 0.4) is 0 Å². The molecule has 1 aliphatic rings. The highest BCUT2D eigenvalue weighted by atomic mass is 32.1. The Morgan fingerprint density at radius 3 is 2.44 bits per heavy atom. The number of aromatic nitrogens is 1. The molecular weight excluding hydrogens is 383 g/mol. The Labute approximate surface area is 157 Å². The number of carbonyl (C=O) groups excluding carboxylic acids is 1. The standard InChI is InChI=1S/C15H17N3OS.C2HF3O2/c19-14(17-10-11-4-2-1-3-5-11)15-18-12-6-8-16-9-7-13(12)20-15;3-2(4,5)1(6)7/h1-5,16H,6-10H2,(H,17,19);(H,6,7). The average Bonchev–Trinajstić information content (AvgIpc) is 2.91. The minimum absolute atomic E-state index is 0.0696. The molecule has 10 heteroatoms. The summed E-state index contributed by atoms with van der Waals surface area (Å²) in [6.45, 7) is 2.47. The molecule has 0 bridgehead atoms. The summed E-state index contributed by atoms with van der Waals surface area (Å²) in [4.78, 5) is 26.8. The van der Waals surface area contributed by atoms with Gasteiger partial charge in [-0.25, -0.2) is 9.78 Å². The normalized spacial score (nSPS) is 13.6. The summed E-state index contributed by atoms with van der Waals surface area (Å²) in [5.41, 5.74) is 2.19. The first-order valence-corrected chi connectivity index (χ1v) is 8.90. The van der Waals surface area contributed by atoms with E-state index in [2.05, 4.69) is 15.6 Å². The molecule has 1 aliphatic heterocycles. The third-order valence-electron chi connectivity index (χ3n) is 3.58. The fraction of sp³-hybridized carbons (Fsp3) is 0.353. The highest BCUT2D eigenvalue weighted by Gasteiger charge is 2.38. The van der Waals surface area contributed by atoms with Crippen LogP contribution >= 0.6 is 11.3 Å². The first kappa shape index (κ1) is 20.8. The summed E-state index contributed by atoms with van der Waals surface area (Å²) >= 11 is 1.53. The quantitative estimate of drug-likeness (QED) is 0.735. The zero-order chi connectivity index (χ0) is 19.9. The molecule has 0 saturated heterocycles. The fourth-order valence-corrected chi connectivity index (χ4v) is 3.28. The molecule has 1 amide bonds. The van der Waals surface area contributed by atoms with Crippen molar-refractivity contribution in [3.63, 3.8) is 0 Å². The molecule has 0 spiro atoms. The topological polar surface area (TPSA) is 91.3 Å². The Morgan fingerprint density at radius 1 is 1.19 bits per heavy atom. The van der Waals surface area contributed by atoms with Crippen LogP contribution in [-0.4, -0.2) is 41.2 Å². The van der Waals surface area contributed by atoms with E-state index < -0.39 is 12.1 Å². The second kappa shape index (κ2) is 9.47. The molecule has 146 valence electrons. The van der Waals surface area contributed by atoms with E-state index in [1.54, 1.807) is 0 Å². The van der Waals surface area contributed by atoms with Crippen molar-refractivity contribution in [2.45, 2.75) is 25.6 Å². The van der Waals surface area contributed by atoms with E-state index in [0.29, 0.717) is 11.6 Å². The van der Waals surface area contributed by atoms with Crippen molar-refractivity contribution in [2.24, 2.45) is 0 Å². The predicted molar refractivity (Wildman–Crippen MR) is 93.7 cm³/mol. The van der Waals surface area contributed by atoms with Crippen molar-refractivity contribution >= 4 is 23.2 Å². The van der Waals surface area contributed by atoms with Gasteiger partial charge in [-0.3, -0.25) is 4.79 Å². The van der Waals surface area contributed by atoms with Gasteiger partial charge in [0.25, 0.3) is 5.91 Å². The molecule has 3 rings (SSSR count). The minimum Gasteiger partial charge on any atom is -0.475 e. The summed E-state index contributed by atoms with van der Waals surface area (Å²) in [5, 5.41) is 14.0. The van der Waals surface area contributed by atoms with E-state index in [1.807, 2.05) is 30.3 Å². The molecule has 1 aromatic heterocycles. The third-order valence-corrected chi connectivity index (χ3v) is 4.73. The van der Waals surface area contributed by atoms with E-state index in [1.165, 1.54) is 16.2 Å². The number of nitrogens with zero attached hydrogens (tertiary/aromatic N) is 1. The molecule has 0 radical (unpaired) electrons. The van der Waals surface area contributed by atoms with Crippen molar-refractivity contribution < 1.29 is 27.9 Å². The van der Waals surface area contributed by atoms with E-state index in [9.17, 15) is 18.0 Å². The SMILES string of the molecule is O=C(NCc1ccccc1)c1nc2c(s1)CCNCC2.O=C(O)C(F)(F)F. The minimum atomic E-state index is -5.08. The van der Waals surface area contributed by atoms with E-state index in [4.69, 9.17) is 9.90 Å². The van der Waals surface area contributed by atoms with E-state index >= 15 is 0 Å². The number of amides is 1. The number of halogens is 3. The van der Waals surface area contributed by atoms with Crippen LogP contribution in [-0.2, 0) is 24.2 Å². The van der Waals surface area contributed by atoms with Gasteiger partial charge in [0.05, 0.1) is 5.69 Å². The molecule has 2 aromatic rings. The van der Waals surface area contributed by atoms with Crippen molar-refractivity contribution in [2.75, 3.05) is 13.1 Å². The monoisotopic (exact) mass is 401 g/mol. The van der Waals surface area contributed by atoms with Gasteiger partial charge in [0.15, 0.2) is 5.01 Å². The van der Waals surface area contributed by atoms with Gasteiger partial charge in [-0.15, -0.1) is 11.3 Å². The fourth-order valence-electron chi connectivity index (χ4n) is 2.26. The Bertz CT molecular complexity index is 755. The van der Waals surface area contributed by atoms with Gasteiger partial charge in [-0.1, -0.05) is 30.3 Å². The number of carboxylic acids is 1. The van der Waals surface area contributed by atoms with Gasteiger partial charge in [0.2, 0.25) is 0 Å². The molecule has 27 heavy (non-hydrogen) atoms. The second-order valence-electron chi connectivity index (χ2n) is 5.61. The van der Waals surface area contributed by atoms with Gasteiger partial charge in [-0.05, 0) is 12.0 Å². The van der Waals surface area contributed by atoms with Crippen LogP contribution in [0, 0.1) is 0 Å². The van der Waals surface area contributed by atoms with Crippen LogP contribution < -0.4 is 10.6 Å². The lowest BCUT2D eigenvalue weighted by Gasteiger charge is -2.02. The smallest absolute Gasteiger partial charge is 0.475 e. The molecule has 0 atom stereocenters. The zero-order valence-electron chi connectivity index (χ0n) is 14.2. The van der Waals surface area contributed by atoms with E-state index in [-0.39, 0.29) is 5.91 Å². The van der Waals surface area contributed by atoms with Gasteiger partial charge in [0.1, 0.15) is 0 Å². The van der Waals surface area contributed by atoms with Gasteiger partial charge in [-0.2, -0.15) is 13.2 Å². The first-order valence-electron chi connectivity index (χ1n) is 8.09. The number of rotatable bonds is 3. The number of nitrogens with one attached hydrogen (secondary N) is 2. The van der Waals surface area contributed by atoms with Crippen molar-refractivity contribution in [1.82, 2.24) is 15.6 Å². The number of fused-ring (bicyclic) bond motifs is 1. The maximum atomic E-state index is 12.1. The molecular formula is C17H18F3N3O3S. The summed E-state index contributed by atoms with van der Waals surface area (Å²) in [6, 6.07) is 9.92. The predicted octanol–water partition coefficient (Wildman–Crippen LogP) is 2.39. The molecule has 6 nitrogen and oxygen atoms in total. The van der Waals surface area contributed by atoms with Crippen LogP contribution in [0.5, 0.6) is 0 Å². The lowest BCUT2D eigenvalue weighted by molar-refractivity contribution is -0.192. The maximum Gasteiger partial charge on any atom is 0.490 e. The van der Waals surface area contributed by atoms with Gasteiger partial charge in [0, 0.05) is 30.9 Å². The largest absolute Gasteiger partial charge is 0.490 e. The van der Waals surface area contributed by atoms with Crippen LogP contribution in [0.1, 0.15) is 25.9 Å². The Kier molecular flexibility index (Phi) is 7.31. The molecule has 0 fully saturated rings. The van der Waals surface area contributed by atoms with Crippen LogP contribution in [0.2, 0.25) is 0 Å². The number of hydrogen-bond donors (Lipinski definition) is 3. The van der Waals surface area contributed by atoms with Crippen LogP contribution in [0.4, 0.5) is 13.2 Å². The van der Waals surface area contributed by atoms with E-state index in [0.717, 1.165) is 37.2 Å². The molecule has 1 aromatic carbocycles. The zero-order valence-corrected chi connectivity index (χ0v) is 15.0. The second-order valence-corrected chi connectivity index (χ2v) is 6.69.